The first-order chi connectivity index (χ1) is 7.26. The Balaban J connectivity index is 2.42. The molecule has 0 spiro atoms. The lowest BCUT2D eigenvalue weighted by atomic mass is 10.3. The molecule has 0 saturated heterocycles. The Morgan fingerprint density at radius 2 is 1.73 bits per heavy atom. The van der Waals surface area contributed by atoms with Gasteiger partial charge in [0.15, 0.2) is 0 Å². The van der Waals surface area contributed by atoms with Gasteiger partial charge in [0.1, 0.15) is 18.1 Å². The molecule has 1 atom stereocenters. The maximum absolute atomic E-state index is 5.49. The second-order valence-electron chi connectivity index (χ2n) is 3.28. The van der Waals surface area contributed by atoms with Gasteiger partial charge in [0.25, 0.3) is 0 Å². The Labute approximate surface area is 90.3 Å². The first-order valence-corrected chi connectivity index (χ1v) is 5.08. The SMILES string of the molecule is CCOc1ccc(OCC(C)NN)cc1. The largest absolute Gasteiger partial charge is 0.494 e. The summed E-state index contributed by atoms with van der Waals surface area (Å²) in [6.45, 7) is 5.13. The molecule has 0 bridgehead atoms. The van der Waals surface area contributed by atoms with Crippen molar-refractivity contribution in [3.8, 4) is 11.5 Å². The van der Waals surface area contributed by atoms with Crippen LogP contribution in [0.15, 0.2) is 24.3 Å². The minimum absolute atomic E-state index is 0.136. The molecule has 0 aliphatic rings. The normalized spacial score (nSPS) is 12.2. The molecule has 1 aromatic carbocycles. The Hall–Kier alpha value is -1.26. The van der Waals surface area contributed by atoms with Crippen LogP contribution in [0.25, 0.3) is 0 Å². The summed E-state index contributed by atoms with van der Waals surface area (Å²) in [5.41, 5.74) is 2.62. The van der Waals surface area contributed by atoms with Crippen LogP contribution < -0.4 is 20.7 Å². The molecule has 15 heavy (non-hydrogen) atoms. The van der Waals surface area contributed by atoms with Crippen LogP contribution in [-0.4, -0.2) is 19.3 Å². The summed E-state index contributed by atoms with van der Waals surface area (Å²) < 4.78 is 10.8. The van der Waals surface area contributed by atoms with Crippen LogP contribution >= 0.6 is 0 Å². The summed E-state index contributed by atoms with van der Waals surface area (Å²) in [4.78, 5) is 0. The van der Waals surface area contributed by atoms with Crippen LogP contribution in [0.3, 0.4) is 0 Å². The zero-order valence-corrected chi connectivity index (χ0v) is 9.19. The van der Waals surface area contributed by atoms with E-state index in [1.54, 1.807) is 0 Å². The van der Waals surface area contributed by atoms with Crippen molar-refractivity contribution in [2.45, 2.75) is 19.9 Å². The van der Waals surface area contributed by atoms with Gasteiger partial charge < -0.3 is 9.47 Å². The molecule has 0 aromatic heterocycles. The van der Waals surface area contributed by atoms with Gasteiger partial charge in [-0.1, -0.05) is 0 Å². The number of hydrazine groups is 1. The Morgan fingerprint density at radius 3 is 2.20 bits per heavy atom. The van der Waals surface area contributed by atoms with E-state index < -0.39 is 0 Å². The molecule has 0 aliphatic heterocycles. The molecule has 0 fully saturated rings. The van der Waals surface area contributed by atoms with Crippen LogP contribution in [0.2, 0.25) is 0 Å². The van der Waals surface area contributed by atoms with Crippen molar-refractivity contribution in [1.29, 1.82) is 0 Å². The number of benzene rings is 1. The molecule has 0 aliphatic carbocycles. The van der Waals surface area contributed by atoms with E-state index >= 15 is 0 Å². The summed E-state index contributed by atoms with van der Waals surface area (Å²) in [5.74, 6) is 6.93. The lowest BCUT2D eigenvalue weighted by molar-refractivity contribution is 0.274. The molecule has 0 saturated carbocycles. The summed E-state index contributed by atoms with van der Waals surface area (Å²) in [7, 11) is 0. The van der Waals surface area contributed by atoms with E-state index in [4.69, 9.17) is 15.3 Å². The summed E-state index contributed by atoms with van der Waals surface area (Å²) in [5, 5.41) is 0. The maximum Gasteiger partial charge on any atom is 0.119 e. The topological polar surface area (TPSA) is 56.5 Å². The van der Waals surface area contributed by atoms with Crippen molar-refractivity contribution in [2.24, 2.45) is 5.84 Å². The Morgan fingerprint density at radius 1 is 1.20 bits per heavy atom. The maximum atomic E-state index is 5.49. The molecule has 1 rings (SSSR count). The highest BCUT2D eigenvalue weighted by molar-refractivity contribution is 5.31. The fraction of sp³-hybridized carbons (Fsp3) is 0.455. The second kappa shape index (κ2) is 6.27. The molecule has 0 heterocycles. The third kappa shape index (κ3) is 4.18. The molecular weight excluding hydrogens is 192 g/mol. The van der Waals surface area contributed by atoms with Crippen molar-refractivity contribution < 1.29 is 9.47 Å². The van der Waals surface area contributed by atoms with Crippen molar-refractivity contribution in [3.63, 3.8) is 0 Å². The first-order valence-electron chi connectivity index (χ1n) is 5.08. The number of nitrogens with one attached hydrogen (secondary N) is 1. The van der Waals surface area contributed by atoms with E-state index in [2.05, 4.69) is 5.43 Å². The number of ether oxygens (including phenoxy) is 2. The average Bonchev–Trinajstić information content (AvgIpc) is 2.28. The van der Waals surface area contributed by atoms with Crippen molar-refractivity contribution in [3.05, 3.63) is 24.3 Å². The zero-order valence-electron chi connectivity index (χ0n) is 9.19. The third-order valence-corrected chi connectivity index (χ3v) is 1.92. The van der Waals surface area contributed by atoms with Gasteiger partial charge >= 0.3 is 0 Å². The van der Waals surface area contributed by atoms with Crippen molar-refractivity contribution >= 4 is 0 Å². The average molecular weight is 210 g/mol. The van der Waals surface area contributed by atoms with Gasteiger partial charge in [-0.3, -0.25) is 11.3 Å². The zero-order chi connectivity index (χ0) is 11.1. The number of hydrogen-bond donors (Lipinski definition) is 2. The van der Waals surface area contributed by atoms with Crippen LogP contribution in [0, 0.1) is 0 Å². The van der Waals surface area contributed by atoms with Crippen LogP contribution in [0.1, 0.15) is 13.8 Å². The van der Waals surface area contributed by atoms with Gasteiger partial charge in [-0.25, -0.2) is 0 Å². The van der Waals surface area contributed by atoms with E-state index in [9.17, 15) is 0 Å². The predicted octanol–water partition coefficient (Wildman–Crippen LogP) is 1.32. The minimum Gasteiger partial charge on any atom is -0.494 e. The van der Waals surface area contributed by atoms with Crippen LogP contribution in [0.5, 0.6) is 11.5 Å². The highest BCUT2D eigenvalue weighted by Gasteiger charge is 2.00. The van der Waals surface area contributed by atoms with Crippen LogP contribution in [0.4, 0.5) is 0 Å². The van der Waals surface area contributed by atoms with Crippen LogP contribution in [-0.2, 0) is 0 Å². The third-order valence-electron chi connectivity index (χ3n) is 1.92. The smallest absolute Gasteiger partial charge is 0.119 e. The van der Waals surface area contributed by atoms with Crippen molar-refractivity contribution in [1.82, 2.24) is 5.43 Å². The second-order valence-corrected chi connectivity index (χ2v) is 3.28. The van der Waals surface area contributed by atoms with Gasteiger partial charge in [-0.05, 0) is 38.1 Å². The Bertz CT molecular complexity index is 274. The van der Waals surface area contributed by atoms with Gasteiger partial charge in [0.2, 0.25) is 0 Å². The molecule has 4 heteroatoms. The Kier molecular flexibility index (Phi) is 4.93. The van der Waals surface area contributed by atoms with E-state index in [1.807, 2.05) is 38.1 Å². The quantitative estimate of drug-likeness (QED) is 0.549. The molecule has 3 N–H and O–H groups in total. The molecule has 0 amide bonds. The summed E-state index contributed by atoms with van der Waals surface area (Å²) in [6, 6.07) is 7.68. The predicted molar refractivity (Wildman–Crippen MR) is 59.9 cm³/mol. The number of nitrogens with two attached hydrogens (primary N) is 1. The molecule has 84 valence electrons. The van der Waals surface area contributed by atoms with E-state index in [1.165, 1.54) is 0 Å². The highest BCUT2D eigenvalue weighted by atomic mass is 16.5. The summed E-state index contributed by atoms with van der Waals surface area (Å²) in [6.07, 6.45) is 0. The molecule has 1 unspecified atom stereocenters. The monoisotopic (exact) mass is 210 g/mol. The molecular formula is C11H18N2O2. The molecule has 4 nitrogen and oxygen atoms in total. The highest BCUT2D eigenvalue weighted by Crippen LogP contribution is 2.17. The van der Waals surface area contributed by atoms with E-state index in [0.717, 1.165) is 11.5 Å². The van der Waals surface area contributed by atoms with Gasteiger partial charge in [-0.2, -0.15) is 0 Å². The van der Waals surface area contributed by atoms with Gasteiger partial charge in [-0.15, -0.1) is 0 Å². The van der Waals surface area contributed by atoms with Gasteiger partial charge in [0, 0.05) is 0 Å². The first kappa shape index (κ1) is 11.8. The van der Waals surface area contributed by atoms with E-state index in [0.29, 0.717) is 13.2 Å². The van der Waals surface area contributed by atoms with E-state index in [-0.39, 0.29) is 6.04 Å². The standard InChI is InChI=1S/C11H18N2O2/c1-3-14-10-4-6-11(7-5-10)15-8-9(2)13-12/h4-7,9,13H,3,8,12H2,1-2H3. The molecule has 0 radical (unpaired) electrons. The number of rotatable bonds is 6. The fourth-order valence-corrected chi connectivity index (χ4v) is 1.07. The summed E-state index contributed by atoms with van der Waals surface area (Å²) >= 11 is 0. The minimum atomic E-state index is 0.136. The fourth-order valence-electron chi connectivity index (χ4n) is 1.07. The molecule has 1 aromatic rings. The van der Waals surface area contributed by atoms with Gasteiger partial charge in [0.05, 0.1) is 12.6 Å². The lowest BCUT2D eigenvalue weighted by Gasteiger charge is -2.12. The lowest BCUT2D eigenvalue weighted by Crippen LogP contribution is -2.36. The van der Waals surface area contributed by atoms with Crippen molar-refractivity contribution in [2.75, 3.05) is 13.2 Å². The number of hydrogen-bond acceptors (Lipinski definition) is 4.